The number of nitrogens with one attached hydrogen (secondary N) is 1. The summed E-state index contributed by atoms with van der Waals surface area (Å²) >= 11 is 0. The van der Waals surface area contributed by atoms with Gasteiger partial charge in [-0.1, -0.05) is 19.1 Å². The zero-order valence-electron chi connectivity index (χ0n) is 10.7. The molecule has 0 aliphatic heterocycles. The van der Waals surface area contributed by atoms with Crippen LogP contribution >= 0.6 is 0 Å². The Bertz CT molecular complexity index is 542. The monoisotopic (exact) mass is 259 g/mol. The Hall–Kier alpha value is -2.14. The van der Waals surface area contributed by atoms with Crippen LogP contribution in [0.3, 0.4) is 0 Å². The first-order valence-electron chi connectivity index (χ1n) is 6.21. The third-order valence-corrected chi connectivity index (χ3v) is 2.84. The fourth-order valence-corrected chi connectivity index (χ4v) is 1.73. The van der Waals surface area contributed by atoms with Gasteiger partial charge in [-0.2, -0.15) is 0 Å². The topological polar surface area (TPSA) is 78.3 Å². The number of nitrogens with zero attached hydrogens (tertiary/aromatic N) is 2. The molecule has 5 nitrogen and oxygen atoms in total. The number of benzene rings is 1. The quantitative estimate of drug-likeness (QED) is 0.765. The van der Waals surface area contributed by atoms with Crippen molar-refractivity contribution in [2.24, 2.45) is 0 Å². The fourth-order valence-electron chi connectivity index (χ4n) is 1.73. The summed E-state index contributed by atoms with van der Waals surface area (Å²) in [6.07, 6.45) is 4.05. The Morgan fingerprint density at radius 1 is 1.32 bits per heavy atom. The molecule has 0 saturated heterocycles. The molecule has 2 aromatic rings. The molecule has 0 bridgehead atoms. The van der Waals surface area contributed by atoms with Gasteiger partial charge in [-0.3, -0.25) is 4.98 Å². The minimum atomic E-state index is -0.0336. The van der Waals surface area contributed by atoms with Gasteiger partial charge in [-0.05, 0) is 18.6 Å². The van der Waals surface area contributed by atoms with Crippen LogP contribution in [0.25, 0.3) is 11.3 Å². The summed E-state index contributed by atoms with van der Waals surface area (Å²) in [5.41, 5.74) is 1.47. The van der Waals surface area contributed by atoms with E-state index in [9.17, 15) is 5.11 Å². The van der Waals surface area contributed by atoms with Gasteiger partial charge in [0.15, 0.2) is 0 Å². The predicted octanol–water partition coefficient (Wildman–Crippen LogP) is 2.03. The van der Waals surface area contributed by atoms with Gasteiger partial charge in [0.25, 0.3) is 0 Å². The van der Waals surface area contributed by atoms with E-state index in [4.69, 9.17) is 5.11 Å². The molecular weight excluding hydrogens is 242 g/mol. The normalized spacial score (nSPS) is 12.1. The lowest BCUT2D eigenvalue weighted by atomic mass is 10.1. The highest BCUT2D eigenvalue weighted by Gasteiger charge is 2.07. The summed E-state index contributed by atoms with van der Waals surface area (Å²) in [6.45, 7) is 2.04. The Morgan fingerprint density at radius 3 is 2.84 bits per heavy atom. The van der Waals surface area contributed by atoms with Crippen molar-refractivity contribution < 1.29 is 10.2 Å². The van der Waals surface area contributed by atoms with Crippen LogP contribution in [0.1, 0.15) is 13.3 Å². The van der Waals surface area contributed by atoms with Crippen molar-refractivity contribution in [1.29, 1.82) is 0 Å². The van der Waals surface area contributed by atoms with E-state index in [1.165, 1.54) is 0 Å². The number of phenolic OH excluding ortho intramolecular Hbond substituents is 1. The number of aliphatic hydroxyl groups is 1. The molecule has 2 rings (SSSR count). The molecule has 1 heterocycles. The van der Waals surface area contributed by atoms with Crippen molar-refractivity contribution in [3.63, 3.8) is 0 Å². The van der Waals surface area contributed by atoms with Gasteiger partial charge in [0.05, 0.1) is 30.7 Å². The SMILES string of the molecule is CCC(CO)Nc1cncc(-c2cccc(O)c2)n1. The molecule has 0 fully saturated rings. The molecule has 19 heavy (non-hydrogen) atoms. The second-order valence-corrected chi connectivity index (χ2v) is 4.27. The third kappa shape index (κ3) is 3.42. The highest BCUT2D eigenvalue weighted by molar-refractivity contribution is 5.61. The van der Waals surface area contributed by atoms with Crippen LogP contribution in [-0.4, -0.2) is 32.8 Å². The van der Waals surface area contributed by atoms with Gasteiger partial charge in [-0.25, -0.2) is 4.98 Å². The third-order valence-electron chi connectivity index (χ3n) is 2.84. The van der Waals surface area contributed by atoms with E-state index in [-0.39, 0.29) is 18.4 Å². The van der Waals surface area contributed by atoms with Gasteiger partial charge >= 0.3 is 0 Å². The van der Waals surface area contributed by atoms with Crippen LogP contribution in [-0.2, 0) is 0 Å². The maximum Gasteiger partial charge on any atom is 0.145 e. The predicted molar refractivity (Wildman–Crippen MR) is 73.9 cm³/mol. The van der Waals surface area contributed by atoms with Crippen LogP contribution in [0.4, 0.5) is 5.82 Å². The summed E-state index contributed by atoms with van der Waals surface area (Å²) in [4.78, 5) is 8.55. The largest absolute Gasteiger partial charge is 0.508 e. The van der Waals surface area contributed by atoms with Crippen molar-refractivity contribution in [1.82, 2.24) is 9.97 Å². The van der Waals surface area contributed by atoms with Crippen LogP contribution in [0.2, 0.25) is 0 Å². The van der Waals surface area contributed by atoms with E-state index in [0.29, 0.717) is 11.5 Å². The maximum atomic E-state index is 9.47. The summed E-state index contributed by atoms with van der Waals surface area (Å²) in [7, 11) is 0. The van der Waals surface area contributed by atoms with Gasteiger partial charge in [-0.15, -0.1) is 0 Å². The Balaban J connectivity index is 2.24. The summed E-state index contributed by atoms with van der Waals surface area (Å²) in [5.74, 6) is 0.807. The Kier molecular flexibility index (Phi) is 4.30. The molecule has 5 heteroatoms. The fraction of sp³-hybridized carbons (Fsp3) is 0.286. The minimum absolute atomic E-state index is 0.0336. The number of hydrogen-bond acceptors (Lipinski definition) is 5. The molecule has 0 amide bonds. The number of anilines is 1. The van der Waals surface area contributed by atoms with Crippen LogP contribution in [0, 0.1) is 0 Å². The van der Waals surface area contributed by atoms with Crippen molar-refractivity contribution >= 4 is 5.82 Å². The molecule has 1 aromatic carbocycles. The summed E-state index contributed by atoms with van der Waals surface area (Å²) < 4.78 is 0. The number of aromatic nitrogens is 2. The lowest BCUT2D eigenvalue weighted by Crippen LogP contribution is -2.23. The van der Waals surface area contributed by atoms with E-state index < -0.39 is 0 Å². The van der Waals surface area contributed by atoms with Crippen molar-refractivity contribution in [2.75, 3.05) is 11.9 Å². The second-order valence-electron chi connectivity index (χ2n) is 4.27. The van der Waals surface area contributed by atoms with Crippen molar-refractivity contribution in [3.05, 3.63) is 36.7 Å². The summed E-state index contributed by atoms with van der Waals surface area (Å²) in [6, 6.07) is 6.83. The number of phenols is 1. The molecule has 0 radical (unpaired) electrons. The molecule has 0 spiro atoms. The number of aliphatic hydroxyl groups excluding tert-OH is 1. The van der Waals surface area contributed by atoms with Gasteiger partial charge < -0.3 is 15.5 Å². The zero-order chi connectivity index (χ0) is 13.7. The van der Waals surface area contributed by atoms with Gasteiger partial charge in [0, 0.05) is 5.56 Å². The molecular formula is C14H17N3O2. The molecule has 0 aliphatic carbocycles. The van der Waals surface area contributed by atoms with E-state index in [2.05, 4.69) is 15.3 Å². The first-order chi connectivity index (χ1) is 9.22. The van der Waals surface area contributed by atoms with Gasteiger partial charge in [0.2, 0.25) is 0 Å². The lowest BCUT2D eigenvalue weighted by molar-refractivity contribution is 0.271. The number of rotatable bonds is 5. The zero-order valence-corrected chi connectivity index (χ0v) is 10.7. The minimum Gasteiger partial charge on any atom is -0.508 e. The van der Waals surface area contributed by atoms with E-state index in [1.807, 2.05) is 13.0 Å². The van der Waals surface area contributed by atoms with Crippen molar-refractivity contribution in [3.8, 4) is 17.0 Å². The number of aromatic hydroxyl groups is 1. The second kappa shape index (κ2) is 6.15. The highest BCUT2D eigenvalue weighted by Crippen LogP contribution is 2.21. The Labute approximate surface area is 112 Å². The van der Waals surface area contributed by atoms with Crippen molar-refractivity contribution in [2.45, 2.75) is 19.4 Å². The molecule has 1 unspecified atom stereocenters. The molecule has 1 aromatic heterocycles. The molecule has 0 saturated carbocycles. The lowest BCUT2D eigenvalue weighted by Gasteiger charge is -2.14. The molecule has 1 atom stereocenters. The first-order valence-corrected chi connectivity index (χ1v) is 6.21. The highest BCUT2D eigenvalue weighted by atomic mass is 16.3. The average molecular weight is 259 g/mol. The maximum absolute atomic E-state index is 9.47. The molecule has 3 N–H and O–H groups in total. The van der Waals surface area contributed by atoms with Crippen LogP contribution in [0.5, 0.6) is 5.75 Å². The molecule has 0 aliphatic rings. The molecule has 100 valence electrons. The standard InChI is InChI=1S/C14H17N3O2/c1-2-11(9-18)16-14-8-15-7-13(17-14)10-4-3-5-12(19)6-10/h3-8,11,18-19H,2,9H2,1H3,(H,16,17). The smallest absolute Gasteiger partial charge is 0.145 e. The Morgan fingerprint density at radius 2 is 2.16 bits per heavy atom. The summed E-state index contributed by atoms with van der Waals surface area (Å²) in [5, 5.41) is 21.8. The van der Waals surface area contributed by atoms with Crippen LogP contribution in [0.15, 0.2) is 36.7 Å². The van der Waals surface area contributed by atoms with E-state index in [0.717, 1.165) is 12.0 Å². The van der Waals surface area contributed by atoms with E-state index in [1.54, 1.807) is 30.6 Å². The van der Waals surface area contributed by atoms with Crippen LogP contribution < -0.4 is 5.32 Å². The van der Waals surface area contributed by atoms with E-state index >= 15 is 0 Å². The van der Waals surface area contributed by atoms with Gasteiger partial charge in [0.1, 0.15) is 11.6 Å². The average Bonchev–Trinajstić information content (AvgIpc) is 2.45. The first kappa shape index (κ1) is 13.3. The number of hydrogen-bond donors (Lipinski definition) is 3.